The monoisotopic (exact) mass is 289 g/mol. The smallest absolute Gasteiger partial charge is 0.410 e. The Kier molecular flexibility index (Phi) is 4.74. The van der Waals surface area contributed by atoms with Crippen molar-refractivity contribution >= 4 is 18.5 Å². The van der Waals surface area contributed by atoms with Crippen LogP contribution in [0.15, 0.2) is 18.2 Å². The normalized spacial score (nSPS) is 14.9. The van der Waals surface area contributed by atoms with Crippen molar-refractivity contribution in [2.45, 2.75) is 52.2 Å². The third-order valence-electron chi connectivity index (χ3n) is 3.35. The lowest BCUT2D eigenvalue weighted by Gasteiger charge is -2.24. The molecule has 0 heterocycles. The average Bonchev–Trinajstić information content (AvgIpc) is 3.18. The molecule has 4 nitrogen and oxygen atoms in total. The molecule has 1 saturated carbocycles. The van der Waals surface area contributed by atoms with Crippen LogP contribution in [-0.2, 0) is 9.31 Å². The van der Waals surface area contributed by atoms with E-state index >= 15 is 0 Å². The predicted octanol–water partition coefficient (Wildman–Crippen LogP) is 2.04. The van der Waals surface area contributed by atoms with Crippen molar-refractivity contribution in [1.82, 2.24) is 5.32 Å². The van der Waals surface area contributed by atoms with E-state index in [2.05, 4.69) is 5.32 Å². The topological polar surface area (TPSA) is 47.6 Å². The van der Waals surface area contributed by atoms with Crippen LogP contribution in [0.3, 0.4) is 0 Å². The zero-order valence-electron chi connectivity index (χ0n) is 13.5. The summed E-state index contributed by atoms with van der Waals surface area (Å²) in [5, 5.41) is 3.01. The van der Waals surface area contributed by atoms with Gasteiger partial charge in [0.25, 0.3) is 5.91 Å². The van der Waals surface area contributed by atoms with E-state index in [1.54, 1.807) is 7.11 Å². The van der Waals surface area contributed by atoms with Gasteiger partial charge in [-0.15, -0.1) is 0 Å². The lowest BCUT2D eigenvalue weighted by Crippen LogP contribution is -2.42. The standard InChI is InChI=1S/C16H24BNO3/c1-11-10-12(17(20-5)21-16(2,3)4)6-9-14(11)15(19)18-13-7-8-13/h6,9-10,13H,7-8H2,1-5H3,(H,18,19). The highest BCUT2D eigenvalue weighted by molar-refractivity contribution is 6.61. The molecule has 0 spiro atoms. The molecule has 1 aromatic rings. The molecule has 0 radical (unpaired) electrons. The molecule has 0 saturated heterocycles. The summed E-state index contributed by atoms with van der Waals surface area (Å²) in [7, 11) is 1.20. The quantitative estimate of drug-likeness (QED) is 0.844. The zero-order valence-corrected chi connectivity index (χ0v) is 13.5. The molecule has 114 valence electrons. The van der Waals surface area contributed by atoms with Crippen molar-refractivity contribution in [3.8, 4) is 0 Å². The fourth-order valence-corrected chi connectivity index (χ4v) is 2.15. The number of carbonyl (C=O) groups is 1. The van der Waals surface area contributed by atoms with E-state index in [4.69, 9.17) is 9.31 Å². The summed E-state index contributed by atoms with van der Waals surface area (Å²) >= 11 is 0. The molecule has 0 aromatic heterocycles. The molecule has 0 bridgehead atoms. The molecule has 1 aliphatic rings. The SMILES string of the molecule is COB(OC(C)(C)C)c1ccc(C(=O)NC2CC2)c(C)c1. The van der Waals surface area contributed by atoms with Crippen molar-refractivity contribution in [3.05, 3.63) is 29.3 Å². The molecule has 1 amide bonds. The Labute approximate surface area is 127 Å². The second kappa shape index (κ2) is 6.20. The minimum Gasteiger partial charge on any atom is -0.410 e. The zero-order chi connectivity index (χ0) is 15.6. The number of benzene rings is 1. The van der Waals surface area contributed by atoms with Crippen LogP contribution in [0.5, 0.6) is 0 Å². The van der Waals surface area contributed by atoms with Crippen LogP contribution in [0.4, 0.5) is 0 Å². The number of rotatable bonds is 5. The van der Waals surface area contributed by atoms with Gasteiger partial charge in [-0.3, -0.25) is 4.79 Å². The van der Waals surface area contributed by atoms with Crippen LogP contribution in [-0.4, -0.2) is 31.8 Å². The predicted molar refractivity (Wildman–Crippen MR) is 84.9 cm³/mol. The lowest BCUT2D eigenvalue weighted by atomic mass is 9.76. The summed E-state index contributed by atoms with van der Waals surface area (Å²) in [5.74, 6) is 0.00672. The third kappa shape index (κ3) is 4.58. The molecule has 21 heavy (non-hydrogen) atoms. The number of hydrogen-bond donors (Lipinski definition) is 1. The van der Waals surface area contributed by atoms with Gasteiger partial charge in [0.1, 0.15) is 0 Å². The van der Waals surface area contributed by atoms with E-state index in [9.17, 15) is 4.79 Å². The Balaban J connectivity index is 2.14. The van der Waals surface area contributed by atoms with Gasteiger partial charge in [0, 0.05) is 24.3 Å². The summed E-state index contributed by atoms with van der Waals surface area (Å²) in [4.78, 5) is 12.1. The van der Waals surface area contributed by atoms with Gasteiger partial charge in [-0.1, -0.05) is 12.1 Å². The number of hydrogen-bond acceptors (Lipinski definition) is 3. The molecule has 5 heteroatoms. The average molecular weight is 289 g/mol. The Morgan fingerprint density at radius 1 is 1.33 bits per heavy atom. The highest BCUT2D eigenvalue weighted by Crippen LogP contribution is 2.20. The molecular formula is C16H24BNO3. The Morgan fingerprint density at radius 3 is 2.48 bits per heavy atom. The first-order valence-corrected chi connectivity index (χ1v) is 7.42. The molecule has 1 aromatic carbocycles. The summed E-state index contributed by atoms with van der Waals surface area (Å²) < 4.78 is 11.3. The van der Waals surface area contributed by atoms with Gasteiger partial charge in [0.15, 0.2) is 0 Å². The van der Waals surface area contributed by atoms with Crippen LogP contribution >= 0.6 is 0 Å². The van der Waals surface area contributed by atoms with E-state index in [0.717, 1.165) is 29.4 Å². The minimum absolute atomic E-state index is 0.00672. The van der Waals surface area contributed by atoms with Crippen LogP contribution < -0.4 is 10.8 Å². The highest BCUT2D eigenvalue weighted by atomic mass is 16.6. The first-order valence-electron chi connectivity index (χ1n) is 7.42. The second-order valence-electron chi connectivity index (χ2n) is 6.62. The fourth-order valence-electron chi connectivity index (χ4n) is 2.15. The summed E-state index contributed by atoms with van der Waals surface area (Å²) in [6, 6.07) is 6.07. The third-order valence-corrected chi connectivity index (χ3v) is 3.35. The molecule has 1 fully saturated rings. The number of aryl methyl sites for hydroxylation is 1. The van der Waals surface area contributed by atoms with Crippen LogP contribution in [0.1, 0.15) is 49.5 Å². The highest BCUT2D eigenvalue weighted by Gasteiger charge is 2.28. The van der Waals surface area contributed by atoms with Gasteiger partial charge in [-0.2, -0.15) is 0 Å². The summed E-state index contributed by atoms with van der Waals surface area (Å²) in [6.07, 6.45) is 2.18. The Morgan fingerprint density at radius 2 is 2.00 bits per heavy atom. The number of carbonyl (C=O) groups excluding carboxylic acids is 1. The van der Waals surface area contributed by atoms with Gasteiger partial charge in [-0.05, 0) is 57.6 Å². The number of amides is 1. The molecule has 0 unspecified atom stereocenters. The maximum Gasteiger partial charge on any atom is 0.494 e. The van der Waals surface area contributed by atoms with Crippen molar-refractivity contribution in [1.29, 1.82) is 0 Å². The first kappa shape index (κ1) is 16.1. The molecule has 2 rings (SSSR count). The second-order valence-corrected chi connectivity index (χ2v) is 6.62. The molecule has 0 aliphatic heterocycles. The Hall–Kier alpha value is -1.33. The largest absolute Gasteiger partial charge is 0.494 e. The summed E-state index contributed by atoms with van der Waals surface area (Å²) in [6.45, 7) is 7.91. The van der Waals surface area contributed by atoms with Crippen molar-refractivity contribution < 1.29 is 14.1 Å². The summed E-state index contributed by atoms with van der Waals surface area (Å²) in [5.41, 5.74) is 2.28. The fraction of sp³-hybridized carbons (Fsp3) is 0.562. The molecule has 0 atom stereocenters. The van der Waals surface area contributed by atoms with Crippen molar-refractivity contribution in [2.24, 2.45) is 0 Å². The number of nitrogens with one attached hydrogen (secondary N) is 1. The van der Waals surface area contributed by atoms with Crippen LogP contribution in [0, 0.1) is 6.92 Å². The molecular weight excluding hydrogens is 265 g/mol. The molecule has 1 N–H and O–H groups in total. The van der Waals surface area contributed by atoms with Gasteiger partial charge in [0.05, 0.1) is 0 Å². The van der Waals surface area contributed by atoms with E-state index in [0.29, 0.717) is 6.04 Å². The van der Waals surface area contributed by atoms with Crippen LogP contribution in [0.25, 0.3) is 0 Å². The van der Waals surface area contributed by atoms with E-state index in [1.807, 2.05) is 45.9 Å². The minimum atomic E-state index is -0.427. The van der Waals surface area contributed by atoms with Gasteiger partial charge >= 0.3 is 7.12 Å². The van der Waals surface area contributed by atoms with E-state index in [-0.39, 0.29) is 11.5 Å². The first-order chi connectivity index (χ1) is 9.80. The van der Waals surface area contributed by atoms with Crippen molar-refractivity contribution in [2.75, 3.05) is 7.11 Å². The van der Waals surface area contributed by atoms with E-state index < -0.39 is 7.12 Å². The Bertz CT molecular complexity index is 521. The van der Waals surface area contributed by atoms with Gasteiger partial charge < -0.3 is 14.6 Å². The van der Waals surface area contributed by atoms with Gasteiger partial charge in [0.2, 0.25) is 0 Å². The van der Waals surface area contributed by atoms with E-state index in [1.165, 1.54) is 0 Å². The maximum absolute atomic E-state index is 12.1. The van der Waals surface area contributed by atoms with Crippen LogP contribution in [0.2, 0.25) is 0 Å². The molecule has 1 aliphatic carbocycles. The lowest BCUT2D eigenvalue weighted by molar-refractivity contribution is 0.0947. The maximum atomic E-state index is 12.1. The van der Waals surface area contributed by atoms with Gasteiger partial charge in [-0.25, -0.2) is 0 Å². The van der Waals surface area contributed by atoms with Crippen molar-refractivity contribution in [3.63, 3.8) is 0 Å².